The molecule has 8 nitrogen and oxygen atoms in total. The fourth-order valence-electron chi connectivity index (χ4n) is 1.67. The molecule has 4 amide bonds. The van der Waals surface area contributed by atoms with E-state index in [1.165, 1.54) is 18.9 Å². The van der Waals surface area contributed by atoms with Gasteiger partial charge < -0.3 is 15.3 Å². The van der Waals surface area contributed by atoms with Crippen LogP contribution in [-0.4, -0.2) is 65.4 Å². The van der Waals surface area contributed by atoms with E-state index in [4.69, 9.17) is 5.11 Å². The van der Waals surface area contributed by atoms with E-state index >= 15 is 0 Å². The summed E-state index contributed by atoms with van der Waals surface area (Å²) in [5.74, 6) is -2.00. The Kier molecular flexibility index (Phi) is 4.69. The van der Waals surface area contributed by atoms with E-state index in [9.17, 15) is 19.2 Å². The average molecular weight is 285 g/mol. The van der Waals surface area contributed by atoms with Crippen LogP contribution in [0.2, 0.25) is 0 Å². The summed E-state index contributed by atoms with van der Waals surface area (Å²) in [6.07, 6.45) is 0.354. The molecule has 0 aromatic rings. The van der Waals surface area contributed by atoms with Gasteiger partial charge in [-0.05, 0) is 13.3 Å². The van der Waals surface area contributed by atoms with Crippen LogP contribution < -0.4 is 5.32 Å². The Labute approximate surface area is 116 Å². The topological polar surface area (TPSA) is 107 Å². The second-order valence-electron chi connectivity index (χ2n) is 5.11. The van der Waals surface area contributed by atoms with Crippen LogP contribution >= 0.6 is 0 Å². The standard InChI is InChI=1S/C12H19N3O5/c1-4-12(2,10(18)19)7-13-8(16)5-15-9(17)6-14(3)11(15)20/h4-7H2,1-3H3,(H,13,16)(H,18,19). The molecule has 1 fully saturated rings. The summed E-state index contributed by atoms with van der Waals surface area (Å²) in [5, 5.41) is 11.5. The van der Waals surface area contributed by atoms with Crippen LogP contribution in [0, 0.1) is 5.41 Å². The fourth-order valence-corrected chi connectivity index (χ4v) is 1.67. The Morgan fingerprint density at radius 1 is 1.40 bits per heavy atom. The van der Waals surface area contributed by atoms with Gasteiger partial charge in [-0.1, -0.05) is 6.92 Å². The number of carboxylic acid groups (broad SMARTS) is 1. The van der Waals surface area contributed by atoms with Crippen LogP contribution in [0.3, 0.4) is 0 Å². The molecular formula is C12H19N3O5. The van der Waals surface area contributed by atoms with Gasteiger partial charge in [0.2, 0.25) is 5.91 Å². The monoisotopic (exact) mass is 285 g/mol. The predicted octanol–water partition coefficient (Wildman–Crippen LogP) is -0.502. The zero-order valence-corrected chi connectivity index (χ0v) is 11.8. The Hall–Kier alpha value is -2.12. The number of hydrogen-bond donors (Lipinski definition) is 2. The number of rotatable bonds is 6. The highest BCUT2D eigenvalue weighted by Crippen LogP contribution is 2.19. The molecule has 0 aromatic heterocycles. The molecule has 2 N–H and O–H groups in total. The predicted molar refractivity (Wildman–Crippen MR) is 68.8 cm³/mol. The lowest BCUT2D eigenvalue weighted by Gasteiger charge is -2.23. The van der Waals surface area contributed by atoms with E-state index < -0.39 is 29.2 Å². The van der Waals surface area contributed by atoms with E-state index in [2.05, 4.69) is 5.32 Å². The van der Waals surface area contributed by atoms with Crippen molar-refractivity contribution in [2.24, 2.45) is 5.41 Å². The number of carboxylic acids is 1. The minimum absolute atomic E-state index is 0.0477. The van der Waals surface area contributed by atoms with E-state index in [1.807, 2.05) is 0 Å². The Morgan fingerprint density at radius 3 is 2.40 bits per heavy atom. The van der Waals surface area contributed by atoms with Gasteiger partial charge >= 0.3 is 12.0 Å². The number of carbonyl (C=O) groups excluding carboxylic acids is 3. The molecule has 0 spiro atoms. The molecule has 1 saturated heterocycles. The Bertz CT molecular complexity index is 450. The maximum absolute atomic E-state index is 11.7. The molecule has 1 aliphatic rings. The first-order valence-electron chi connectivity index (χ1n) is 6.27. The van der Waals surface area contributed by atoms with Crippen LogP contribution in [-0.2, 0) is 14.4 Å². The summed E-state index contributed by atoms with van der Waals surface area (Å²) in [7, 11) is 1.47. The largest absolute Gasteiger partial charge is 0.481 e. The molecule has 0 bridgehead atoms. The maximum Gasteiger partial charge on any atom is 0.327 e. The van der Waals surface area contributed by atoms with E-state index in [0.29, 0.717) is 6.42 Å². The molecule has 112 valence electrons. The van der Waals surface area contributed by atoms with E-state index in [0.717, 1.165) is 4.90 Å². The minimum atomic E-state index is -1.06. The Balaban J connectivity index is 2.55. The van der Waals surface area contributed by atoms with Gasteiger partial charge in [-0.3, -0.25) is 19.3 Å². The summed E-state index contributed by atoms with van der Waals surface area (Å²) >= 11 is 0. The van der Waals surface area contributed by atoms with Crippen LogP contribution in [0.5, 0.6) is 0 Å². The number of urea groups is 1. The number of aliphatic carboxylic acids is 1. The van der Waals surface area contributed by atoms with Crippen molar-refractivity contribution in [3.63, 3.8) is 0 Å². The number of nitrogens with one attached hydrogen (secondary N) is 1. The first-order chi connectivity index (χ1) is 9.21. The lowest BCUT2D eigenvalue weighted by Crippen LogP contribution is -2.45. The van der Waals surface area contributed by atoms with Crippen molar-refractivity contribution < 1.29 is 24.3 Å². The summed E-state index contributed by atoms with van der Waals surface area (Å²) in [6.45, 7) is 2.75. The van der Waals surface area contributed by atoms with Crippen molar-refractivity contribution in [1.29, 1.82) is 0 Å². The smallest absolute Gasteiger partial charge is 0.327 e. The van der Waals surface area contributed by atoms with Crippen molar-refractivity contribution in [3.05, 3.63) is 0 Å². The van der Waals surface area contributed by atoms with Crippen molar-refractivity contribution in [2.45, 2.75) is 20.3 Å². The van der Waals surface area contributed by atoms with Gasteiger partial charge in [0.1, 0.15) is 13.1 Å². The lowest BCUT2D eigenvalue weighted by molar-refractivity contribution is -0.148. The molecular weight excluding hydrogens is 266 g/mol. The number of likely N-dealkylation sites (N-methyl/N-ethyl adjacent to an activating group) is 1. The van der Waals surface area contributed by atoms with Gasteiger partial charge in [-0.15, -0.1) is 0 Å². The molecule has 1 aliphatic heterocycles. The van der Waals surface area contributed by atoms with Crippen LogP contribution in [0.1, 0.15) is 20.3 Å². The summed E-state index contributed by atoms with van der Waals surface area (Å²) < 4.78 is 0. The van der Waals surface area contributed by atoms with Crippen molar-refractivity contribution in [1.82, 2.24) is 15.1 Å². The quantitative estimate of drug-likeness (QED) is 0.640. The number of carbonyl (C=O) groups is 4. The summed E-state index contributed by atoms with van der Waals surface area (Å²) in [6, 6.07) is -0.526. The zero-order valence-electron chi connectivity index (χ0n) is 11.8. The minimum Gasteiger partial charge on any atom is -0.481 e. The first kappa shape index (κ1) is 15.9. The second-order valence-corrected chi connectivity index (χ2v) is 5.11. The van der Waals surface area contributed by atoms with Gasteiger partial charge in [0.25, 0.3) is 5.91 Å². The van der Waals surface area contributed by atoms with Crippen LogP contribution in [0.25, 0.3) is 0 Å². The molecule has 8 heteroatoms. The molecule has 1 unspecified atom stereocenters. The highest BCUT2D eigenvalue weighted by molar-refractivity contribution is 6.04. The first-order valence-corrected chi connectivity index (χ1v) is 6.27. The van der Waals surface area contributed by atoms with Crippen LogP contribution in [0.4, 0.5) is 4.79 Å². The molecule has 0 aromatic carbocycles. The van der Waals surface area contributed by atoms with Gasteiger partial charge in [-0.2, -0.15) is 0 Å². The van der Waals surface area contributed by atoms with Crippen molar-refractivity contribution in [3.8, 4) is 0 Å². The molecule has 1 heterocycles. The number of nitrogens with zero attached hydrogens (tertiary/aromatic N) is 2. The van der Waals surface area contributed by atoms with Crippen LogP contribution in [0.15, 0.2) is 0 Å². The SMILES string of the molecule is CCC(C)(CNC(=O)CN1C(=O)CN(C)C1=O)C(=O)O. The number of hydrogen-bond acceptors (Lipinski definition) is 4. The van der Waals surface area contributed by atoms with Gasteiger partial charge in [0, 0.05) is 13.6 Å². The molecule has 0 radical (unpaired) electrons. The van der Waals surface area contributed by atoms with Crippen molar-refractivity contribution >= 4 is 23.8 Å². The average Bonchev–Trinajstić information content (AvgIpc) is 2.62. The molecule has 1 atom stereocenters. The van der Waals surface area contributed by atoms with Gasteiger partial charge in [-0.25, -0.2) is 4.79 Å². The highest BCUT2D eigenvalue weighted by atomic mass is 16.4. The molecule has 20 heavy (non-hydrogen) atoms. The fraction of sp³-hybridized carbons (Fsp3) is 0.667. The number of amides is 4. The molecule has 0 saturated carbocycles. The van der Waals surface area contributed by atoms with E-state index in [-0.39, 0.29) is 19.6 Å². The third-order valence-electron chi connectivity index (χ3n) is 3.51. The Morgan fingerprint density at radius 2 is 2.00 bits per heavy atom. The summed E-state index contributed by atoms with van der Waals surface area (Å²) in [5.41, 5.74) is -1.06. The zero-order chi connectivity index (χ0) is 15.5. The molecule has 1 rings (SSSR count). The number of imide groups is 1. The van der Waals surface area contributed by atoms with Gasteiger partial charge in [0.15, 0.2) is 0 Å². The second kappa shape index (κ2) is 5.89. The molecule has 0 aliphatic carbocycles. The normalized spacial score (nSPS) is 18.1. The highest BCUT2D eigenvalue weighted by Gasteiger charge is 2.36. The van der Waals surface area contributed by atoms with Gasteiger partial charge in [0.05, 0.1) is 5.41 Å². The summed E-state index contributed by atoms with van der Waals surface area (Å²) in [4.78, 5) is 47.9. The maximum atomic E-state index is 11.7. The lowest BCUT2D eigenvalue weighted by atomic mass is 9.88. The third kappa shape index (κ3) is 3.25. The van der Waals surface area contributed by atoms with Crippen molar-refractivity contribution in [2.75, 3.05) is 26.7 Å². The third-order valence-corrected chi connectivity index (χ3v) is 3.51. The van der Waals surface area contributed by atoms with E-state index in [1.54, 1.807) is 6.92 Å².